The van der Waals surface area contributed by atoms with Crippen LogP contribution < -0.4 is 15.1 Å². The molecule has 0 radical (unpaired) electrons. The van der Waals surface area contributed by atoms with Gasteiger partial charge in [-0.15, -0.1) is 0 Å². The van der Waals surface area contributed by atoms with Gasteiger partial charge in [0.25, 0.3) is 0 Å². The van der Waals surface area contributed by atoms with E-state index in [0.29, 0.717) is 24.5 Å². The molecule has 2 heterocycles. The molecule has 2 amide bonds. The van der Waals surface area contributed by atoms with Gasteiger partial charge in [0.2, 0.25) is 0 Å². The van der Waals surface area contributed by atoms with Crippen LogP contribution in [0.15, 0.2) is 30.0 Å². The van der Waals surface area contributed by atoms with Crippen LogP contribution in [0, 0.1) is 12.4 Å². The van der Waals surface area contributed by atoms with Gasteiger partial charge >= 0.3 is 12.2 Å². The van der Waals surface area contributed by atoms with Crippen LogP contribution in [0.5, 0.6) is 0 Å². The minimum atomic E-state index is -0.585. The average Bonchev–Trinajstić information content (AvgIpc) is 3.07. The number of hydrogen-bond donors (Lipinski definition) is 1. The Morgan fingerprint density at radius 3 is 2.80 bits per heavy atom. The first-order valence-corrected chi connectivity index (χ1v) is 9.89. The van der Waals surface area contributed by atoms with E-state index >= 15 is 0 Å². The molecule has 3 rings (SSSR count). The van der Waals surface area contributed by atoms with Gasteiger partial charge in [-0.2, -0.15) is 0 Å². The molecule has 0 aromatic heterocycles. The molecule has 0 spiro atoms. The summed E-state index contributed by atoms with van der Waals surface area (Å²) in [5.41, 5.74) is 1.96. The summed E-state index contributed by atoms with van der Waals surface area (Å²) >= 11 is 0. The third-order valence-electron chi connectivity index (χ3n) is 4.93. The Morgan fingerprint density at radius 1 is 1.43 bits per heavy atom. The lowest BCUT2D eigenvalue weighted by atomic mass is 10.0. The molecular formula is C21H25FN4O4. The third kappa shape index (κ3) is 5.20. The zero-order valence-electron chi connectivity index (χ0n) is 17.1. The first-order chi connectivity index (χ1) is 14.4. The van der Waals surface area contributed by atoms with Gasteiger partial charge in [-0.1, -0.05) is 5.57 Å². The summed E-state index contributed by atoms with van der Waals surface area (Å²) in [5, 5.41) is 2.56. The van der Waals surface area contributed by atoms with Gasteiger partial charge in [0, 0.05) is 13.1 Å². The van der Waals surface area contributed by atoms with Crippen molar-refractivity contribution >= 4 is 23.6 Å². The topological polar surface area (TPSA) is 75.5 Å². The van der Waals surface area contributed by atoms with E-state index in [1.807, 2.05) is 4.90 Å². The normalized spacial score (nSPS) is 18.8. The first-order valence-electron chi connectivity index (χ1n) is 9.89. The number of cyclic esters (lactones) is 1. The monoisotopic (exact) mass is 416 g/mol. The molecule has 2 saturated heterocycles. The Labute approximate surface area is 175 Å². The van der Waals surface area contributed by atoms with Gasteiger partial charge in [-0.05, 0) is 44.9 Å². The number of amides is 2. The highest BCUT2D eigenvalue weighted by Gasteiger charge is 2.33. The highest BCUT2D eigenvalue weighted by molar-refractivity contribution is 5.90. The number of carbonyl (C=O) groups is 2. The van der Waals surface area contributed by atoms with E-state index in [1.165, 1.54) is 11.0 Å². The largest absolute Gasteiger partial charge is 0.447 e. The number of rotatable bonds is 5. The summed E-state index contributed by atoms with van der Waals surface area (Å²) in [4.78, 5) is 30.4. The standard InChI is InChI=1S/C21H25FN4O4/c1-14(2)29-20(27)24-12-17-13-26(21(28)30-17)16-4-5-19(18(22)10-16)25-8-6-15(7-9-25)11-23-3/h4-5,10-11,14,17H,6-9,12-13H2,1-2H3,(H,24,27)/t17-/m0/s1. The molecule has 1 aromatic carbocycles. The van der Waals surface area contributed by atoms with Crippen LogP contribution in [0.3, 0.4) is 0 Å². The minimum absolute atomic E-state index is 0.114. The van der Waals surface area contributed by atoms with Gasteiger partial charge in [0.1, 0.15) is 11.9 Å². The number of nitrogens with one attached hydrogen (secondary N) is 1. The van der Waals surface area contributed by atoms with Crippen LogP contribution in [0.1, 0.15) is 26.7 Å². The molecule has 2 aliphatic rings. The number of halogens is 1. The van der Waals surface area contributed by atoms with Crippen molar-refractivity contribution in [1.29, 1.82) is 0 Å². The quantitative estimate of drug-likeness (QED) is 0.741. The molecule has 0 saturated carbocycles. The molecular weight excluding hydrogens is 391 g/mol. The summed E-state index contributed by atoms with van der Waals surface area (Å²) in [7, 11) is 0. The molecule has 0 bridgehead atoms. The second kappa shape index (κ2) is 9.48. The number of benzene rings is 1. The van der Waals surface area contributed by atoms with Crippen LogP contribution in [0.2, 0.25) is 0 Å². The lowest BCUT2D eigenvalue weighted by molar-refractivity contribution is 0.105. The molecule has 8 nitrogen and oxygen atoms in total. The van der Waals surface area contributed by atoms with E-state index in [9.17, 15) is 14.0 Å². The Kier molecular flexibility index (Phi) is 6.77. The van der Waals surface area contributed by atoms with Crippen molar-refractivity contribution in [2.24, 2.45) is 0 Å². The number of alkyl carbamates (subject to hydrolysis) is 1. The number of hydrogen-bond acceptors (Lipinski definition) is 5. The molecule has 0 aliphatic carbocycles. The maximum absolute atomic E-state index is 14.8. The number of nitrogens with zero attached hydrogens (tertiary/aromatic N) is 3. The lowest BCUT2D eigenvalue weighted by Crippen LogP contribution is -2.36. The van der Waals surface area contributed by atoms with Crippen molar-refractivity contribution in [3.8, 4) is 0 Å². The average molecular weight is 416 g/mol. The van der Waals surface area contributed by atoms with Crippen molar-refractivity contribution in [3.63, 3.8) is 0 Å². The van der Waals surface area contributed by atoms with Crippen LogP contribution in [-0.4, -0.2) is 50.6 Å². The SMILES string of the molecule is [C-]#[N+]C=C1CCN(c2ccc(N3C[C@H](CNC(=O)OC(C)C)OC3=O)cc2F)CC1. The Bertz CT molecular complexity index is 870. The van der Waals surface area contributed by atoms with Crippen molar-refractivity contribution in [3.05, 3.63) is 47.2 Å². The summed E-state index contributed by atoms with van der Waals surface area (Å²) in [6.07, 6.45) is 1.05. The third-order valence-corrected chi connectivity index (χ3v) is 4.93. The Morgan fingerprint density at radius 2 is 2.17 bits per heavy atom. The van der Waals surface area contributed by atoms with Gasteiger partial charge in [-0.25, -0.2) is 18.8 Å². The first kappa shape index (κ1) is 21.4. The molecule has 2 aliphatic heterocycles. The number of ether oxygens (including phenoxy) is 2. The predicted octanol–water partition coefficient (Wildman–Crippen LogP) is 3.69. The Hall–Kier alpha value is -3.28. The second-order valence-electron chi connectivity index (χ2n) is 7.49. The van der Waals surface area contributed by atoms with E-state index in [0.717, 1.165) is 18.4 Å². The predicted molar refractivity (Wildman–Crippen MR) is 110 cm³/mol. The van der Waals surface area contributed by atoms with Gasteiger partial charge < -0.3 is 19.7 Å². The van der Waals surface area contributed by atoms with Crippen LogP contribution in [-0.2, 0) is 9.47 Å². The number of carbonyl (C=O) groups excluding carboxylic acids is 2. The summed E-state index contributed by atoms with van der Waals surface area (Å²) in [6.45, 7) is 12.0. The van der Waals surface area contributed by atoms with E-state index in [1.54, 1.807) is 32.2 Å². The van der Waals surface area contributed by atoms with Crippen LogP contribution in [0.25, 0.3) is 4.85 Å². The molecule has 0 unspecified atom stereocenters. The summed E-state index contributed by atoms with van der Waals surface area (Å²) in [5.74, 6) is -0.417. The van der Waals surface area contributed by atoms with Crippen molar-refractivity contribution in [1.82, 2.24) is 5.32 Å². The lowest BCUT2D eigenvalue weighted by Gasteiger charge is -2.31. The summed E-state index contributed by atoms with van der Waals surface area (Å²) in [6, 6.07) is 4.67. The van der Waals surface area contributed by atoms with Crippen molar-refractivity contribution in [2.75, 3.05) is 36.0 Å². The highest BCUT2D eigenvalue weighted by Crippen LogP contribution is 2.30. The van der Waals surface area contributed by atoms with E-state index in [2.05, 4.69) is 10.2 Å². The molecule has 1 N–H and O–H groups in total. The molecule has 160 valence electrons. The zero-order chi connectivity index (χ0) is 21.7. The Balaban J connectivity index is 1.60. The van der Waals surface area contributed by atoms with E-state index in [4.69, 9.17) is 16.0 Å². The zero-order valence-corrected chi connectivity index (χ0v) is 17.1. The molecule has 9 heteroatoms. The fourth-order valence-electron chi connectivity index (χ4n) is 3.47. The van der Waals surface area contributed by atoms with Crippen LogP contribution >= 0.6 is 0 Å². The second-order valence-corrected chi connectivity index (χ2v) is 7.49. The van der Waals surface area contributed by atoms with Crippen molar-refractivity contribution < 1.29 is 23.5 Å². The van der Waals surface area contributed by atoms with Gasteiger partial charge in [0.05, 0.1) is 37.1 Å². The van der Waals surface area contributed by atoms with Gasteiger partial charge in [-0.3, -0.25) is 4.90 Å². The van der Waals surface area contributed by atoms with Crippen LogP contribution in [0.4, 0.5) is 25.4 Å². The summed E-state index contributed by atoms with van der Waals surface area (Å²) < 4.78 is 25.0. The number of piperidine rings is 1. The molecule has 2 fully saturated rings. The number of anilines is 2. The van der Waals surface area contributed by atoms with E-state index in [-0.39, 0.29) is 19.2 Å². The highest BCUT2D eigenvalue weighted by atomic mass is 19.1. The fourth-order valence-corrected chi connectivity index (χ4v) is 3.47. The molecule has 1 aromatic rings. The minimum Gasteiger partial charge on any atom is -0.447 e. The van der Waals surface area contributed by atoms with E-state index < -0.39 is 24.1 Å². The smallest absolute Gasteiger partial charge is 0.414 e. The molecule has 1 atom stereocenters. The maximum atomic E-state index is 14.8. The molecule has 30 heavy (non-hydrogen) atoms. The van der Waals surface area contributed by atoms with Crippen molar-refractivity contribution in [2.45, 2.75) is 38.9 Å². The maximum Gasteiger partial charge on any atom is 0.414 e. The fraction of sp³-hybridized carbons (Fsp3) is 0.476. The van der Waals surface area contributed by atoms with Gasteiger partial charge in [0.15, 0.2) is 6.20 Å².